The molecule has 1 aliphatic heterocycles. The highest BCUT2D eigenvalue weighted by Gasteiger charge is 2.44. The molecule has 7 nitrogen and oxygen atoms in total. The smallest absolute Gasteiger partial charge is 0.270 e. The number of alkyl halides is 2. The first kappa shape index (κ1) is 28.0. The fourth-order valence-corrected chi connectivity index (χ4v) is 7.20. The second-order valence-electron chi connectivity index (χ2n) is 9.73. The third-order valence-corrected chi connectivity index (χ3v) is 10.6. The molecule has 11 heteroatoms. The Kier molecular flexibility index (Phi) is 7.59. The van der Waals surface area contributed by atoms with E-state index < -0.39 is 30.3 Å². The molecule has 3 rings (SSSR count). The van der Waals surface area contributed by atoms with Gasteiger partial charge < -0.3 is 9.64 Å². The lowest BCUT2D eigenvalue weighted by Crippen LogP contribution is -2.47. The first-order chi connectivity index (χ1) is 16.5. The summed E-state index contributed by atoms with van der Waals surface area (Å²) in [4.78, 5) is 14.4. The predicted molar refractivity (Wildman–Crippen MR) is 132 cm³/mol. The Labute approximate surface area is 211 Å². The summed E-state index contributed by atoms with van der Waals surface area (Å²) in [7, 11) is -6.24. The average Bonchev–Trinajstić information content (AvgIpc) is 2.82. The Morgan fingerprint density at radius 3 is 2.14 bits per heavy atom. The van der Waals surface area contributed by atoms with Crippen LogP contribution in [0.15, 0.2) is 52.3 Å². The summed E-state index contributed by atoms with van der Waals surface area (Å²) in [6.07, 6.45) is 1.80. The van der Waals surface area contributed by atoms with Crippen LogP contribution in [0.1, 0.15) is 49.5 Å². The van der Waals surface area contributed by atoms with E-state index in [1.165, 1.54) is 43.5 Å². The van der Waals surface area contributed by atoms with Crippen molar-refractivity contribution in [3.63, 3.8) is 0 Å². The van der Waals surface area contributed by atoms with Crippen LogP contribution in [-0.4, -0.2) is 58.8 Å². The molecule has 198 valence electrons. The first-order valence-electron chi connectivity index (χ1n) is 11.4. The monoisotopic (exact) mass is 543 g/mol. The normalized spacial score (nSPS) is 16.1. The van der Waals surface area contributed by atoms with Crippen LogP contribution < -0.4 is 4.74 Å². The maximum atomic E-state index is 13.8. The van der Waals surface area contributed by atoms with Crippen LogP contribution in [0.3, 0.4) is 0 Å². The van der Waals surface area contributed by atoms with Gasteiger partial charge in [0.1, 0.15) is 10.6 Å². The van der Waals surface area contributed by atoms with Crippen LogP contribution in [0, 0.1) is 5.92 Å². The highest BCUT2D eigenvalue weighted by Crippen LogP contribution is 2.39. The van der Waals surface area contributed by atoms with Gasteiger partial charge >= 0.3 is 0 Å². The van der Waals surface area contributed by atoms with Crippen molar-refractivity contribution in [1.29, 1.82) is 0 Å². The van der Waals surface area contributed by atoms with Gasteiger partial charge in [0.2, 0.25) is 0 Å². The van der Waals surface area contributed by atoms with Crippen molar-refractivity contribution in [1.82, 2.24) is 4.90 Å². The number of halogens is 2. The standard InChI is InChI=1S/C25H31F2NO6S2/c1-24(2,36(32,33)20-8-6-7-19(16-20)25(3,26)27)18-11-13-28(14-12-18)23(29)17-9-10-21(34-4)22(15-17)35(5,30)31/h6-10,15-16,18H,11-14H2,1-5H3. The van der Waals surface area contributed by atoms with E-state index in [9.17, 15) is 30.4 Å². The van der Waals surface area contributed by atoms with Gasteiger partial charge in [-0.25, -0.2) is 25.6 Å². The largest absolute Gasteiger partial charge is 0.495 e. The third kappa shape index (κ3) is 5.41. The number of likely N-dealkylation sites (tertiary alicyclic amines) is 1. The summed E-state index contributed by atoms with van der Waals surface area (Å²) in [5.74, 6) is -3.70. The fraction of sp³-hybridized carbons (Fsp3) is 0.480. The van der Waals surface area contributed by atoms with Crippen molar-refractivity contribution < 1.29 is 35.1 Å². The zero-order chi connectivity index (χ0) is 27.1. The van der Waals surface area contributed by atoms with Crippen LogP contribution >= 0.6 is 0 Å². The van der Waals surface area contributed by atoms with E-state index in [-0.39, 0.29) is 51.6 Å². The van der Waals surface area contributed by atoms with Gasteiger partial charge in [-0.3, -0.25) is 4.79 Å². The van der Waals surface area contributed by atoms with Gasteiger partial charge in [-0.05, 0) is 62.9 Å². The molecule has 1 amide bonds. The summed E-state index contributed by atoms with van der Waals surface area (Å²) < 4.78 is 82.6. The van der Waals surface area contributed by atoms with Gasteiger partial charge in [-0.2, -0.15) is 0 Å². The number of piperidine rings is 1. The van der Waals surface area contributed by atoms with Crippen LogP contribution in [0.4, 0.5) is 8.78 Å². The van der Waals surface area contributed by atoms with Crippen molar-refractivity contribution in [3.8, 4) is 5.75 Å². The highest BCUT2D eigenvalue weighted by atomic mass is 32.2. The Hall–Kier alpha value is -2.53. The van der Waals surface area contributed by atoms with Crippen molar-refractivity contribution in [2.45, 2.75) is 54.1 Å². The number of nitrogens with zero attached hydrogens (tertiary/aromatic N) is 1. The summed E-state index contributed by atoms with van der Waals surface area (Å²) in [5.41, 5.74) is -0.174. The lowest BCUT2D eigenvalue weighted by molar-refractivity contribution is 0.0172. The maximum Gasteiger partial charge on any atom is 0.270 e. The molecular weight excluding hydrogens is 512 g/mol. The van der Waals surface area contributed by atoms with E-state index in [1.54, 1.807) is 18.7 Å². The van der Waals surface area contributed by atoms with Gasteiger partial charge in [0.25, 0.3) is 11.8 Å². The zero-order valence-corrected chi connectivity index (χ0v) is 22.5. The number of hydrogen-bond acceptors (Lipinski definition) is 6. The molecule has 0 N–H and O–H groups in total. The molecule has 0 aliphatic carbocycles. The van der Waals surface area contributed by atoms with Gasteiger partial charge in [-0.15, -0.1) is 0 Å². The SMILES string of the molecule is COc1ccc(C(=O)N2CCC(C(C)(C)S(=O)(=O)c3cccc(C(C)(F)F)c3)CC2)cc1S(C)(=O)=O. The van der Waals surface area contributed by atoms with Crippen molar-refractivity contribution >= 4 is 25.6 Å². The molecule has 1 fully saturated rings. The zero-order valence-electron chi connectivity index (χ0n) is 20.9. The minimum Gasteiger partial charge on any atom is -0.495 e. The van der Waals surface area contributed by atoms with Gasteiger partial charge in [0, 0.05) is 37.4 Å². The summed E-state index contributed by atoms with van der Waals surface area (Å²) in [6.45, 7) is 4.44. The summed E-state index contributed by atoms with van der Waals surface area (Å²) >= 11 is 0. The van der Waals surface area contributed by atoms with Crippen LogP contribution in [0.2, 0.25) is 0 Å². The number of hydrogen-bond donors (Lipinski definition) is 0. The van der Waals surface area contributed by atoms with Crippen molar-refractivity contribution in [2.75, 3.05) is 26.5 Å². The van der Waals surface area contributed by atoms with E-state index in [0.717, 1.165) is 19.2 Å². The maximum absolute atomic E-state index is 13.8. The molecule has 0 saturated carbocycles. The molecule has 0 spiro atoms. The second-order valence-corrected chi connectivity index (χ2v) is 14.2. The molecular formula is C25H31F2NO6S2. The quantitative estimate of drug-likeness (QED) is 0.516. The number of amides is 1. The lowest BCUT2D eigenvalue weighted by atomic mass is 9.85. The molecule has 2 aromatic carbocycles. The number of benzene rings is 2. The number of sulfone groups is 2. The minimum atomic E-state index is -3.96. The van der Waals surface area contributed by atoms with Crippen LogP contribution in [0.25, 0.3) is 0 Å². The van der Waals surface area contributed by atoms with Gasteiger partial charge in [0.15, 0.2) is 19.7 Å². The molecule has 0 radical (unpaired) electrons. The van der Waals surface area contributed by atoms with E-state index in [4.69, 9.17) is 4.74 Å². The highest BCUT2D eigenvalue weighted by molar-refractivity contribution is 7.92. The Bertz CT molecular complexity index is 1360. The molecule has 0 bridgehead atoms. The van der Waals surface area contributed by atoms with E-state index in [2.05, 4.69) is 0 Å². The predicted octanol–water partition coefficient (Wildman–Crippen LogP) is 4.32. The third-order valence-electron chi connectivity index (χ3n) is 6.92. The summed E-state index contributed by atoms with van der Waals surface area (Å²) in [6, 6.07) is 9.08. The molecule has 0 aromatic heterocycles. The molecule has 36 heavy (non-hydrogen) atoms. The van der Waals surface area contributed by atoms with Crippen LogP contribution in [-0.2, 0) is 25.6 Å². The lowest BCUT2D eigenvalue weighted by Gasteiger charge is -2.40. The Morgan fingerprint density at radius 1 is 1.00 bits per heavy atom. The molecule has 1 aliphatic rings. The van der Waals surface area contributed by atoms with Crippen molar-refractivity contribution in [3.05, 3.63) is 53.6 Å². The van der Waals surface area contributed by atoms with E-state index in [0.29, 0.717) is 12.8 Å². The first-order valence-corrected chi connectivity index (χ1v) is 14.8. The fourth-order valence-electron chi connectivity index (χ4n) is 4.52. The van der Waals surface area contributed by atoms with E-state index >= 15 is 0 Å². The van der Waals surface area contributed by atoms with Gasteiger partial charge in [0.05, 0.1) is 16.8 Å². The Balaban J connectivity index is 1.79. The molecule has 0 atom stereocenters. The number of rotatable bonds is 7. The number of carbonyl (C=O) groups is 1. The number of carbonyl (C=O) groups excluding carboxylic acids is 1. The van der Waals surface area contributed by atoms with Gasteiger partial charge in [-0.1, -0.05) is 12.1 Å². The molecule has 1 saturated heterocycles. The van der Waals surface area contributed by atoms with Crippen LogP contribution in [0.5, 0.6) is 5.75 Å². The topological polar surface area (TPSA) is 97.8 Å². The molecule has 1 heterocycles. The Morgan fingerprint density at radius 2 is 1.61 bits per heavy atom. The summed E-state index contributed by atoms with van der Waals surface area (Å²) in [5, 5.41) is 0. The second kappa shape index (κ2) is 9.74. The van der Waals surface area contributed by atoms with E-state index in [1.807, 2.05) is 0 Å². The minimum absolute atomic E-state index is 0.0853. The molecule has 0 unspecified atom stereocenters. The average molecular weight is 544 g/mol. The van der Waals surface area contributed by atoms with Crippen molar-refractivity contribution in [2.24, 2.45) is 5.92 Å². The molecule has 2 aromatic rings. The number of methoxy groups -OCH3 is 1. The number of ether oxygens (including phenoxy) is 1.